The molecule has 3 saturated heterocycles. The number of carbonyl (C=O) groups excluding carboxylic acids is 1. The van der Waals surface area contributed by atoms with Crippen LogP contribution in [0.15, 0.2) is 42.6 Å². The Morgan fingerprint density at radius 3 is 2.33 bits per heavy atom. The van der Waals surface area contributed by atoms with E-state index >= 15 is 4.39 Å². The molecular weight excluding hydrogens is 739 g/mol. The van der Waals surface area contributed by atoms with E-state index in [0.717, 1.165) is 35.7 Å². The molecule has 0 unspecified atom stereocenters. The Labute approximate surface area is 337 Å². The first-order chi connectivity index (χ1) is 27.0. The second-order valence-electron chi connectivity index (χ2n) is 18.2. The van der Waals surface area contributed by atoms with Crippen LogP contribution in [-0.2, 0) is 4.74 Å². The van der Waals surface area contributed by atoms with Gasteiger partial charge >= 0.3 is 12.1 Å². The lowest BCUT2D eigenvalue weighted by atomic mass is 9.95. The normalized spacial score (nSPS) is 20.5. The molecule has 0 radical (unpaired) electrons. The lowest BCUT2D eigenvalue weighted by Gasteiger charge is -2.38. The number of anilines is 1. The molecule has 0 spiro atoms. The van der Waals surface area contributed by atoms with E-state index in [1.54, 1.807) is 11.1 Å². The lowest BCUT2D eigenvalue weighted by Crippen LogP contribution is -2.50. The quantitative estimate of drug-likeness (QED) is 0.129. The molecule has 2 atom stereocenters. The molecule has 5 heterocycles. The minimum absolute atomic E-state index is 0.0356. The van der Waals surface area contributed by atoms with Gasteiger partial charge in [0.15, 0.2) is 5.82 Å². The summed E-state index contributed by atoms with van der Waals surface area (Å²) in [5.41, 5.74) is 5.97. The number of rotatable bonds is 8. The summed E-state index contributed by atoms with van der Waals surface area (Å²) in [5.74, 6) is 3.53. The van der Waals surface area contributed by atoms with Gasteiger partial charge in [0.1, 0.15) is 43.5 Å². The molecule has 0 N–H and O–H groups in total. The maximum atomic E-state index is 17.4. The standard InChI is InChI=1S/C45H58F2N6O3Si/c1-29(2)57(30(3)4,31(5)6)24-17-33-14-10-13-32-15-11-16-35(37(32)33)39-38(47)40-36(26-48-39)41(51-20-22-52(23-21-51)43(54)56-44(7,8)9)50-42(49-40)55-28-45-18-12-19-53(45)27-34(46)25-45/h10-11,13-16,26,29-31,34H,12,18-23,25,27-28H2,1-9H3/t34-,45+/m1/s1. The van der Waals surface area contributed by atoms with Gasteiger partial charge in [0.25, 0.3) is 0 Å². The first-order valence-electron chi connectivity index (χ1n) is 20.7. The highest BCUT2D eigenvalue weighted by molar-refractivity contribution is 6.90. The zero-order chi connectivity index (χ0) is 40.9. The smallest absolute Gasteiger partial charge is 0.410 e. The number of nitrogens with zero attached hydrogens (tertiary/aromatic N) is 6. The summed E-state index contributed by atoms with van der Waals surface area (Å²) in [6, 6.07) is 12.0. The van der Waals surface area contributed by atoms with Crippen molar-refractivity contribution < 1.29 is 23.0 Å². The van der Waals surface area contributed by atoms with E-state index in [1.807, 2.05) is 62.1 Å². The van der Waals surface area contributed by atoms with Crippen molar-refractivity contribution in [2.45, 2.75) is 116 Å². The van der Waals surface area contributed by atoms with Crippen LogP contribution in [0.2, 0.25) is 16.6 Å². The summed E-state index contributed by atoms with van der Waals surface area (Å²) in [5, 5.41) is 2.25. The number of hydrogen-bond acceptors (Lipinski definition) is 8. The van der Waals surface area contributed by atoms with Gasteiger partial charge in [-0.1, -0.05) is 77.8 Å². The monoisotopic (exact) mass is 796 g/mol. The Balaban J connectivity index is 1.32. The third kappa shape index (κ3) is 7.82. The van der Waals surface area contributed by atoms with Gasteiger partial charge in [0, 0.05) is 61.9 Å². The maximum Gasteiger partial charge on any atom is 0.410 e. The number of aromatic nitrogens is 3. The Morgan fingerprint density at radius 1 is 0.982 bits per heavy atom. The molecule has 304 valence electrons. The van der Waals surface area contributed by atoms with Gasteiger partial charge in [-0.15, -0.1) is 5.54 Å². The lowest BCUT2D eigenvalue weighted by molar-refractivity contribution is 0.0240. The number of alkyl halides is 1. The number of piperazine rings is 1. The number of fused-ring (bicyclic) bond motifs is 3. The van der Waals surface area contributed by atoms with Crippen molar-refractivity contribution in [3.8, 4) is 28.7 Å². The van der Waals surface area contributed by atoms with Crippen LogP contribution in [0, 0.1) is 17.3 Å². The van der Waals surface area contributed by atoms with Crippen molar-refractivity contribution in [2.75, 3.05) is 50.8 Å². The van der Waals surface area contributed by atoms with Crippen molar-refractivity contribution in [1.82, 2.24) is 24.8 Å². The van der Waals surface area contributed by atoms with E-state index in [4.69, 9.17) is 24.4 Å². The number of carbonyl (C=O) groups is 1. The van der Waals surface area contributed by atoms with Gasteiger partial charge < -0.3 is 19.3 Å². The van der Waals surface area contributed by atoms with Crippen molar-refractivity contribution in [2.24, 2.45) is 0 Å². The third-order valence-electron chi connectivity index (χ3n) is 12.5. The van der Waals surface area contributed by atoms with Gasteiger partial charge in [-0.05, 0) is 68.2 Å². The number of pyridine rings is 1. The Bertz CT molecular complexity index is 2180. The molecule has 2 aromatic carbocycles. The maximum absolute atomic E-state index is 17.4. The fourth-order valence-electron chi connectivity index (χ4n) is 9.84. The summed E-state index contributed by atoms with van der Waals surface area (Å²) in [4.78, 5) is 33.2. The van der Waals surface area contributed by atoms with Gasteiger partial charge in [0.2, 0.25) is 0 Å². The second kappa shape index (κ2) is 15.8. The molecular formula is C45H58F2N6O3Si. The fraction of sp³-hybridized carbons (Fsp3) is 0.556. The molecule has 7 rings (SSSR count). The topological polar surface area (TPSA) is 83.9 Å². The van der Waals surface area contributed by atoms with Gasteiger partial charge in [-0.2, -0.15) is 9.97 Å². The highest BCUT2D eigenvalue weighted by Gasteiger charge is 2.49. The minimum atomic E-state index is -2.06. The molecule has 2 aromatic heterocycles. The van der Waals surface area contributed by atoms with E-state index in [2.05, 4.69) is 57.9 Å². The van der Waals surface area contributed by atoms with E-state index < -0.39 is 31.2 Å². The van der Waals surface area contributed by atoms with E-state index in [0.29, 0.717) is 72.5 Å². The zero-order valence-electron chi connectivity index (χ0n) is 35.1. The van der Waals surface area contributed by atoms with E-state index in [1.165, 1.54) is 0 Å². The summed E-state index contributed by atoms with van der Waals surface area (Å²) in [7, 11) is -2.06. The van der Waals surface area contributed by atoms with Gasteiger partial charge in [-0.3, -0.25) is 9.88 Å². The highest BCUT2D eigenvalue weighted by Crippen LogP contribution is 2.43. The first kappa shape index (κ1) is 40.8. The van der Waals surface area contributed by atoms with Gasteiger partial charge in [0.05, 0.1) is 10.9 Å². The van der Waals surface area contributed by atoms with Crippen LogP contribution < -0.4 is 9.64 Å². The van der Waals surface area contributed by atoms with Crippen LogP contribution in [-0.4, -0.2) is 102 Å². The van der Waals surface area contributed by atoms with Crippen LogP contribution in [0.1, 0.15) is 87.1 Å². The predicted molar refractivity (Wildman–Crippen MR) is 227 cm³/mol. The number of ether oxygens (including phenoxy) is 2. The van der Waals surface area contributed by atoms with Crippen LogP contribution in [0.25, 0.3) is 32.9 Å². The molecule has 9 nitrogen and oxygen atoms in total. The summed E-state index contributed by atoms with van der Waals surface area (Å²) < 4.78 is 44.1. The highest BCUT2D eigenvalue weighted by atomic mass is 28.3. The average molecular weight is 797 g/mol. The Hall–Kier alpha value is -4.34. The van der Waals surface area contributed by atoms with Crippen molar-refractivity contribution >= 4 is 41.7 Å². The number of amides is 1. The average Bonchev–Trinajstić information content (AvgIpc) is 3.68. The van der Waals surface area contributed by atoms with E-state index in [9.17, 15) is 9.18 Å². The third-order valence-corrected chi connectivity index (χ3v) is 18.8. The Kier molecular flexibility index (Phi) is 11.3. The van der Waals surface area contributed by atoms with Crippen molar-refractivity contribution in [1.29, 1.82) is 0 Å². The molecule has 1 amide bonds. The molecule has 0 bridgehead atoms. The minimum Gasteiger partial charge on any atom is -0.461 e. The molecule has 3 fully saturated rings. The van der Waals surface area contributed by atoms with Crippen molar-refractivity contribution in [3.63, 3.8) is 0 Å². The molecule has 4 aromatic rings. The molecule has 0 saturated carbocycles. The number of hydrogen-bond donors (Lipinski definition) is 0. The zero-order valence-corrected chi connectivity index (χ0v) is 36.1. The number of halogens is 2. The van der Waals surface area contributed by atoms with Crippen LogP contribution in [0.3, 0.4) is 0 Å². The molecule has 57 heavy (non-hydrogen) atoms. The van der Waals surface area contributed by atoms with Gasteiger partial charge in [-0.25, -0.2) is 13.6 Å². The van der Waals surface area contributed by atoms with Crippen LogP contribution >= 0.6 is 0 Å². The molecule has 0 aliphatic carbocycles. The fourth-order valence-corrected chi connectivity index (χ4v) is 15.1. The molecule has 12 heteroatoms. The van der Waals surface area contributed by atoms with E-state index in [-0.39, 0.29) is 29.9 Å². The SMILES string of the molecule is CC(C)[Si](C#Cc1cccc2cccc(-c3ncc4c(N5CCN(C(=O)OC(C)(C)C)CC5)nc(OC[C@@]56CCCN5C[C@H](F)C6)nc4c3F)c12)(C(C)C)C(C)C. The Morgan fingerprint density at radius 2 is 1.67 bits per heavy atom. The van der Waals surface area contributed by atoms with Crippen LogP contribution in [0.5, 0.6) is 6.01 Å². The summed E-state index contributed by atoms with van der Waals surface area (Å²) >= 11 is 0. The second-order valence-corrected chi connectivity index (χ2v) is 23.8. The predicted octanol–water partition coefficient (Wildman–Crippen LogP) is 9.57. The number of benzene rings is 2. The molecule has 3 aliphatic rings. The summed E-state index contributed by atoms with van der Waals surface area (Å²) in [6.45, 7) is 22.4. The van der Waals surface area contributed by atoms with Crippen LogP contribution in [0.4, 0.5) is 19.4 Å². The molecule has 3 aliphatic heterocycles. The summed E-state index contributed by atoms with van der Waals surface area (Å²) in [6.07, 6.45) is 2.55. The largest absolute Gasteiger partial charge is 0.461 e. The first-order valence-corrected chi connectivity index (χ1v) is 22.9. The van der Waals surface area contributed by atoms with Crippen molar-refractivity contribution in [3.05, 3.63) is 54.0 Å².